The Morgan fingerprint density at radius 3 is 2.56 bits per heavy atom. The van der Waals surface area contributed by atoms with Crippen LogP contribution in [0, 0.1) is 23.7 Å². The number of halogens is 3. The zero-order chi connectivity index (χ0) is 35.2. The molecule has 264 valence electrons. The molecule has 3 fully saturated rings. The number of amides is 1. The Morgan fingerprint density at radius 2 is 1.84 bits per heavy atom. The highest BCUT2D eigenvalue weighted by atomic mass is 32.1. The van der Waals surface area contributed by atoms with Crippen LogP contribution in [-0.2, 0) is 24.3 Å². The molecule has 6 heterocycles. The minimum Gasteiger partial charge on any atom is -0.357 e. The van der Waals surface area contributed by atoms with Crippen molar-refractivity contribution >= 4 is 50.1 Å². The quantitative estimate of drug-likeness (QED) is 0.231. The molecule has 1 spiro atoms. The number of hydrogen-bond acceptors (Lipinski definition) is 9. The Labute approximate surface area is 293 Å². The van der Waals surface area contributed by atoms with E-state index in [-0.39, 0.29) is 16.2 Å². The largest absolute Gasteiger partial charge is 0.393 e. The molecule has 4 aromatic rings. The zero-order valence-corrected chi connectivity index (χ0v) is 29.3. The second kappa shape index (κ2) is 13.5. The number of hydrogen-bond donors (Lipinski definition) is 1. The number of nitriles is 1. The van der Waals surface area contributed by atoms with Crippen molar-refractivity contribution in [2.75, 3.05) is 76.2 Å². The van der Waals surface area contributed by atoms with Gasteiger partial charge in [-0.25, -0.2) is 4.98 Å². The SMILES string of the molecule is C=CC(=O)N1CCN(CCn2c(C#N)cc3c(C)c(CN4CCC5(CCN(c6nc(NC)nc7sc(CC(F)(F)F)cc67)C5)C4)ccc32)CC1. The van der Waals surface area contributed by atoms with Crippen LogP contribution in [0.15, 0.2) is 36.9 Å². The van der Waals surface area contributed by atoms with Crippen LogP contribution < -0.4 is 10.2 Å². The van der Waals surface area contributed by atoms with Crippen LogP contribution in [0.2, 0.25) is 0 Å². The van der Waals surface area contributed by atoms with Crippen LogP contribution in [0.5, 0.6) is 0 Å². The lowest BCUT2D eigenvalue weighted by Gasteiger charge is -2.34. The molecule has 3 aliphatic rings. The molecule has 7 rings (SSSR count). The maximum absolute atomic E-state index is 13.2. The second-order valence-electron chi connectivity index (χ2n) is 13.9. The van der Waals surface area contributed by atoms with Crippen LogP contribution in [0.1, 0.15) is 34.5 Å². The topological polar surface area (TPSA) is 96.6 Å². The minimum absolute atomic E-state index is 0.0252. The van der Waals surface area contributed by atoms with Gasteiger partial charge in [0.1, 0.15) is 22.4 Å². The number of likely N-dealkylation sites (tertiary alicyclic amines) is 1. The summed E-state index contributed by atoms with van der Waals surface area (Å²) < 4.78 is 41.7. The number of nitrogens with zero attached hydrogens (tertiary/aromatic N) is 8. The van der Waals surface area contributed by atoms with E-state index in [1.807, 2.05) is 11.0 Å². The predicted octanol–water partition coefficient (Wildman–Crippen LogP) is 5.41. The molecule has 1 N–H and O–H groups in total. The number of piperazine rings is 1. The maximum Gasteiger partial charge on any atom is 0.393 e. The zero-order valence-electron chi connectivity index (χ0n) is 28.5. The average Bonchev–Trinajstić information content (AvgIpc) is 3.89. The predicted molar refractivity (Wildman–Crippen MR) is 190 cm³/mol. The lowest BCUT2D eigenvalue weighted by Crippen LogP contribution is -2.48. The highest BCUT2D eigenvalue weighted by Gasteiger charge is 2.44. The number of rotatable bonds is 9. The van der Waals surface area contributed by atoms with Gasteiger partial charge in [-0.3, -0.25) is 14.6 Å². The molecule has 3 saturated heterocycles. The third-order valence-corrected chi connectivity index (χ3v) is 11.8. The van der Waals surface area contributed by atoms with Crippen molar-refractivity contribution in [3.63, 3.8) is 0 Å². The van der Waals surface area contributed by atoms with Crippen molar-refractivity contribution in [1.29, 1.82) is 5.26 Å². The summed E-state index contributed by atoms with van der Waals surface area (Å²) in [6.45, 7) is 14.5. The van der Waals surface area contributed by atoms with E-state index in [4.69, 9.17) is 4.98 Å². The van der Waals surface area contributed by atoms with Gasteiger partial charge in [0.05, 0.1) is 11.8 Å². The molecule has 1 aromatic carbocycles. The molecule has 3 aliphatic heterocycles. The number of anilines is 2. The highest BCUT2D eigenvalue weighted by molar-refractivity contribution is 7.18. The number of carbonyl (C=O) groups excluding carboxylic acids is 1. The van der Waals surface area contributed by atoms with Crippen LogP contribution in [0.3, 0.4) is 0 Å². The number of alkyl halides is 3. The first-order chi connectivity index (χ1) is 24.0. The normalized spacial score (nSPS) is 20.4. The molecular formula is C36H42F3N9OS. The fraction of sp³-hybridized carbons (Fsp3) is 0.500. The van der Waals surface area contributed by atoms with Crippen molar-refractivity contribution in [2.24, 2.45) is 5.41 Å². The van der Waals surface area contributed by atoms with Gasteiger partial charge in [0, 0.05) is 93.7 Å². The van der Waals surface area contributed by atoms with Gasteiger partial charge >= 0.3 is 6.18 Å². The number of fused-ring (bicyclic) bond motifs is 2. The Kier molecular flexibility index (Phi) is 9.25. The number of benzene rings is 1. The molecule has 0 aliphatic carbocycles. The molecule has 1 unspecified atom stereocenters. The molecule has 0 saturated carbocycles. The molecule has 14 heteroatoms. The number of carbonyl (C=O) groups is 1. The Hall–Kier alpha value is -4.19. The van der Waals surface area contributed by atoms with Crippen LogP contribution in [0.4, 0.5) is 24.9 Å². The van der Waals surface area contributed by atoms with E-state index in [1.165, 1.54) is 17.2 Å². The van der Waals surface area contributed by atoms with E-state index in [0.717, 1.165) is 87.4 Å². The molecule has 1 amide bonds. The molecule has 3 aromatic heterocycles. The van der Waals surface area contributed by atoms with Gasteiger partial charge in [-0.05, 0) is 61.7 Å². The van der Waals surface area contributed by atoms with Crippen molar-refractivity contribution in [3.8, 4) is 6.07 Å². The Bertz CT molecular complexity index is 1970. The number of aromatic nitrogens is 3. The van der Waals surface area contributed by atoms with E-state index < -0.39 is 12.6 Å². The maximum atomic E-state index is 13.2. The molecule has 10 nitrogen and oxygen atoms in total. The standard InChI is InChI=1S/C36H42F3N9OS/c1-4-31(49)46-14-11-44(12-15-46)13-16-48-26(20-40)17-28-24(2)25(5-6-30(28)48)21-45-9-7-35(22-45)8-10-47(23-35)32-29-18-27(19-36(37,38)39)50-33(29)43-34(41-3)42-32/h4-6,17-18H,1,7-16,19,21-23H2,2-3H3,(H,41,42,43). The van der Waals surface area contributed by atoms with Gasteiger partial charge < -0.3 is 19.7 Å². The highest BCUT2D eigenvalue weighted by Crippen LogP contribution is 2.44. The van der Waals surface area contributed by atoms with E-state index in [9.17, 15) is 23.2 Å². The van der Waals surface area contributed by atoms with E-state index in [1.54, 1.807) is 13.1 Å². The van der Waals surface area contributed by atoms with Crippen LogP contribution >= 0.6 is 11.3 Å². The Morgan fingerprint density at radius 1 is 1.06 bits per heavy atom. The van der Waals surface area contributed by atoms with Crippen molar-refractivity contribution in [1.82, 2.24) is 29.2 Å². The van der Waals surface area contributed by atoms with Gasteiger partial charge in [0.15, 0.2) is 0 Å². The third kappa shape index (κ3) is 6.78. The first-order valence-electron chi connectivity index (χ1n) is 17.2. The van der Waals surface area contributed by atoms with Gasteiger partial charge in [-0.2, -0.15) is 23.4 Å². The van der Waals surface area contributed by atoms with Crippen LogP contribution in [-0.4, -0.2) is 107 Å². The summed E-state index contributed by atoms with van der Waals surface area (Å²) in [4.78, 5) is 30.9. The molecular weight excluding hydrogens is 664 g/mol. The lowest BCUT2D eigenvalue weighted by molar-refractivity contribution is -0.128. The van der Waals surface area contributed by atoms with E-state index >= 15 is 0 Å². The van der Waals surface area contributed by atoms with Crippen molar-refractivity contribution in [2.45, 2.75) is 45.5 Å². The third-order valence-electron chi connectivity index (χ3n) is 10.8. The van der Waals surface area contributed by atoms with Gasteiger partial charge in [-0.15, -0.1) is 11.3 Å². The monoisotopic (exact) mass is 705 g/mol. The lowest BCUT2D eigenvalue weighted by atomic mass is 9.86. The first kappa shape index (κ1) is 34.3. The summed E-state index contributed by atoms with van der Waals surface area (Å²) >= 11 is 1.09. The number of aryl methyl sites for hydroxylation is 1. The fourth-order valence-corrected chi connectivity index (χ4v) is 9.09. The number of thiophene rings is 1. The van der Waals surface area contributed by atoms with E-state index in [0.29, 0.717) is 47.3 Å². The number of nitrogens with one attached hydrogen (secondary N) is 1. The first-order valence-corrected chi connectivity index (χ1v) is 18.0. The minimum atomic E-state index is -4.28. The average molecular weight is 706 g/mol. The Balaban J connectivity index is 1.02. The molecule has 1 atom stereocenters. The molecule has 0 radical (unpaired) electrons. The van der Waals surface area contributed by atoms with Gasteiger partial charge in [0.25, 0.3) is 0 Å². The summed E-state index contributed by atoms with van der Waals surface area (Å²) in [6, 6.07) is 10.4. The summed E-state index contributed by atoms with van der Waals surface area (Å²) in [5.41, 5.74) is 4.25. The molecule has 50 heavy (non-hydrogen) atoms. The van der Waals surface area contributed by atoms with E-state index in [2.05, 4.69) is 61.3 Å². The van der Waals surface area contributed by atoms with Gasteiger partial charge in [0.2, 0.25) is 11.9 Å². The van der Waals surface area contributed by atoms with Gasteiger partial charge in [-0.1, -0.05) is 12.6 Å². The van der Waals surface area contributed by atoms with Crippen molar-refractivity contribution in [3.05, 3.63) is 58.6 Å². The summed E-state index contributed by atoms with van der Waals surface area (Å²) in [7, 11) is 1.73. The summed E-state index contributed by atoms with van der Waals surface area (Å²) in [5, 5.41) is 14.8. The van der Waals surface area contributed by atoms with Crippen molar-refractivity contribution < 1.29 is 18.0 Å². The fourth-order valence-electron chi connectivity index (χ4n) is 8.04. The summed E-state index contributed by atoms with van der Waals surface area (Å²) in [6.07, 6.45) is -1.83. The summed E-state index contributed by atoms with van der Waals surface area (Å²) in [5.74, 6) is 1.10. The van der Waals surface area contributed by atoms with Crippen LogP contribution in [0.25, 0.3) is 21.1 Å². The molecule has 0 bridgehead atoms. The second-order valence-corrected chi connectivity index (χ2v) is 15.0. The smallest absolute Gasteiger partial charge is 0.357 e.